The van der Waals surface area contributed by atoms with Gasteiger partial charge in [-0.05, 0) is 46.2 Å². The molecule has 9 nitrogen and oxygen atoms in total. The lowest BCUT2D eigenvalue weighted by atomic mass is 10.2. The van der Waals surface area contributed by atoms with E-state index in [0.29, 0.717) is 30.9 Å². The minimum atomic E-state index is -7.16. The molecule has 0 bridgehead atoms. The minimum Gasteiger partial charge on any atom is -0.312 e. The number of alkyl halides is 21. The standard InChI is InChI=1S/C16H22F3NOSi.C14H20FNOSi.C7H2F14O4.C3H2F6O/c1-4-22(2,3)12-8-11-20(14-9-6-5-7-10-14)15(21)13-16(17,18)19;1-4-18(2,3)12-8-11-16(14(15)17)13-9-6-5-7-10-13;8-2(9,10)1-22-5(15,16)3(11,4(12,13)14)24-25-7(19,20)6(17,18)23-21;4-2(5,6)1-3(7,8)10-9/h4-7,9-10H,1,8,11-13H2,2-3H3;4-7,9-10H,1,8,11-12H2,2-3H3;1H2;1H2. The van der Waals surface area contributed by atoms with Crippen molar-refractivity contribution in [1.82, 2.24) is 0 Å². The Morgan fingerprint density at radius 2 is 0.947 bits per heavy atom. The van der Waals surface area contributed by atoms with E-state index in [1.807, 2.05) is 27.2 Å². The number of ether oxygens (including phenoxy) is 1. The fraction of sp³-hybridized carbons (Fsp3) is 0.550. The van der Waals surface area contributed by atoms with Gasteiger partial charge in [-0.3, -0.25) is 9.69 Å². The second kappa shape index (κ2) is 29.2. The maximum Gasteiger partial charge on any atom is 0.480 e. The number of rotatable bonds is 23. The monoisotopic (exact) mass is 1180 g/mol. The van der Waals surface area contributed by atoms with Crippen LogP contribution in [-0.2, 0) is 29.2 Å². The number of hydrogen-bond donors (Lipinski definition) is 0. The third-order valence-corrected chi connectivity index (χ3v) is 14.4. The second-order valence-corrected chi connectivity index (χ2v) is 26.1. The van der Waals surface area contributed by atoms with E-state index in [-0.39, 0.29) is 0 Å². The first-order chi connectivity index (χ1) is 33.6. The first-order valence-electron chi connectivity index (χ1n) is 20.3. The van der Waals surface area contributed by atoms with Crippen LogP contribution in [0.2, 0.25) is 38.3 Å². The molecule has 35 heteroatoms. The summed E-state index contributed by atoms with van der Waals surface area (Å²) in [4.78, 5) is 32.1. The number of nitrogens with zero attached hydrogens (tertiary/aromatic N) is 2. The molecule has 0 N–H and O–H groups in total. The Kier molecular flexibility index (Phi) is 28.3. The normalized spacial score (nSPS) is 13.9. The van der Waals surface area contributed by atoms with Gasteiger partial charge in [0.05, 0.1) is 16.1 Å². The molecule has 2 rings (SSSR count). The Labute approximate surface area is 412 Å². The summed E-state index contributed by atoms with van der Waals surface area (Å²) in [6.07, 6.45) is -51.1. The maximum absolute atomic E-state index is 13.2. The van der Waals surface area contributed by atoms with E-state index in [2.05, 4.69) is 44.1 Å². The van der Waals surface area contributed by atoms with Crippen molar-refractivity contribution in [3.63, 3.8) is 0 Å². The van der Waals surface area contributed by atoms with Gasteiger partial charge in [0.2, 0.25) is 5.91 Å². The zero-order chi connectivity index (χ0) is 59.3. The van der Waals surface area contributed by atoms with Gasteiger partial charge >= 0.3 is 61.2 Å². The van der Waals surface area contributed by atoms with Crippen LogP contribution in [0.25, 0.3) is 0 Å². The topological polar surface area (TPSA) is 86.8 Å². The molecule has 75 heavy (non-hydrogen) atoms. The average molecular weight is 1180 g/mol. The number of carbonyl (C=O) groups is 2. The van der Waals surface area contributed by atoms with E-state index in [1.54, 1.807) is 59.5 Å². The summed E-state index contributed by atoms with van der Waals surface area (Å²) >= 11 is 0. The van der Waals surface area contributed by atoms with Crippen molar-refractivity contribution in [2.45, 2.75) is 119 Å². The number of para-hydroxylation sites is 2. The molecule has 0 heterocycles. The highest BCUT2D eigenvalue weighted by atomic mass is 28.3. The van der Waals surface area contributed by atoms with Gasteiger partial charge in [0.15, 0.2) is 0 Å². The number of amides is 2. The largest absolute Gasteiger partial charge is 0.480 e. The van der Waals surface area contributed by atoms with Crippen molar-refractivity contribution >= 4 is 39.6 Å². The number of anilines is 2. The highest BCUT2D eigenvalue weighted by molar-refractivity contribution is 6.82. The second-order valence-electron chi connectivity index (χ2n) is 16.3. The number of hydrogen-bond acceptors (Lipinski definition) is 7. The summed E-state index contributed by atoms with van der Waals surface area (Å²) in [5.41, 5.74) is 5.10. The van der Waals surface area contributed by atoms with E-state index in [4.69, 9.17) is 0 Å². The molecule has 0 aliphatic carbocycles. The van der Waals surface area contributed by atoms with Crippen LogP contribution in [0.5, 0.6) is 0 Å². The van der Waals surface area contributed by atoms with Gasteiger partial charge in [-0.15, -0.1) is 38.8 Å². The van der Waals surface area contributed by atoms with Gasteiger partial charge in [0.25, 0.3) is 0 Å². The SMILES string of the molecule is C=C[Si](C)(C)CCCN(C(=O)CC(F)(F)F)c1ccccc1.C=C[Si](C)(C)CCCN(C(=O)F)c1ccccc1.FOC(F)(F)C(F)(F)OOC(F)(C(F)(F)F)C(F)(F)OCC(F)(F)F.FOC(F)(F)CC(F)(F)F. The highest BCUT2D eigenvalue weighted by Gasteiger charge is 2.78. The van der Waals surface area contributed by atoms with E-state index in [0.717, 1.165) is 18.5 Å². The van der Waals surface area contributed by atoms with Gasteiger partial charge in [-0.2, -0.15) is 102 Å². The lowest BCUT2D eigenvalue weighted by molar-refractivity contribution is -0.614. The number of halogens is 24. The average Bonchev–Trinajstić information content (AvgIpc) is 3.26. The molecule has 2 amide bonds. The molecule has 1 atom stereocenters. The Morgan fingerprint density at radius 3 is 1.25 bits per heavy atom. The fourth-order valence-corrected chi connectivity index (χ4v) is 7.33. The van der Waals surface area contributed by atoms with Crippen LogP contribution in [0.15, 0.2) is 85.2 Å². The maximum atomic E-state index is 13.2. The molecule has 0 saturated heterocycles. The van der Waals surface area contributed by atoms with Gasteiger partial charge in [-0.1, -0.05) is 74.7 Å². The molecule has 0 aliphatic heterocycles. The smallest absolute Gasteiger partial charge is 0.312 e. The zero-order valence-electron chi connectivity index (χ0n) is 39.0. The van der Waals surface area contributed by atoms with Crippen LogP contribution in [0.3, 0.4) is 0 Å². The van der Waals surface area contributed by atoms with Crippen molar-refractivity contribution in [3.05, 3.63) is 85.2 Å². The van der Waals surface area contributed by atoms with Crippen LogP contribution in [0, 0.1) is 0 Å². The van der Waals surface area contributed by atoms with Crippen LogP contribution < -0.4 is 9.80 Å². The molecular formula is C40H46F24N2O7Si2. The van der Waals surface area contributed by atoms with E-state index in [9.17, 15) is 115 Å². The van der Waals surface area contributed by atoms with Gasteiger partial charge in [0, 0.05) is 24.5 Å². The Balaban J connectivity index is 0. The summed E-state index contributed by atoms with van der Waals surface area (Å²) < 4.78 is 290. The zero-order valence-corrected chi connectivity index (χ0v) is 41.0. The van der Waals surface area contributed by atoms with Crippen LogP contribution in [0.1, 0.15) is 25.7 Å². The Bertz CT molecular complexity index is 2010. The molecule has 0 spiro atoms. The molecule has 0 fully saturated rings. The third-order valence-electron chi connectivity index (χ3n) is 8.88. The predicted molar refractivity (Wildman–Crippen MR) is 223 cm³/mol. The van der Waals surface area contributed by atoms with Crippen molar-refractivity contribution in [3.8, 4) is 0 Å². The van der Waals surface area contributed by atoms with Crippen molar-refractivity contribution < 1.29 is 140 Å². The van der Waals surface area contributed by atoms with Crippen molar-refractivity contribution in [2.24, 2.45) is 0 Å². The van der Waals surface area contributed by atoms with Crippen LogP contribution >= 0.6 is 0 Å². The van der Waals surface area contributed by atoms with E-state index in [1.165, 1.54) is 14.7 Å². The van der Waals surface area contributed by atoms with Crippen molar-refractivity contribution in [2.75, 3.05) is 29.5 Å². The molecule has 0 radical (unpaired) electrons. The quantitative estimate of drug-likeness (QED) is 0.0274. The van der Waals surface area contributed by atoms with Crippen molar-refractivity contribution in [1.29, 1.82) is 0 Å². The molecule has 2 aromatic rings. The lowest BCUT2D eigenvalue weighted by Crippen LogP contribution is -2.60. The summed E-state index contributed by atoms with van der Waals surface area (Å²) in [7, 11) is -2.90. The molecule has 0 aliphatic rings. The fourth-order valence-electron chi connectivity index (χ4n) is 4.78. The van der Waals surface area contributed by atoms with Gasteiger partial charge < -0.3 is 9.64 Å². The first-order valence-corrected chi connectivity index (χ1v) is 26.9. The molecule has 1 unspecified atom stereocenters. The number of carbonyl (C=O) groups excluding carboxylic acids is 2. The molecule has 0 saturated carbocycles. The summed E-state index contributed by atoms with van der Waals surface area (Å²) in [5, 5.41) is 0. The Morgan fingerprint density at radius 1 is 0.547 bits per heavy atom. The number of benzene rings is 2. The lowest BCUT2D eigenvalue weighted by Gasteiger charge is -2.33. The molecule has 434 valence electrons. The van der Waals surface area contributed by atoms with E-state index < -0.39 is 103 Å². The first kappa shape index (κ1) is 72.5. The molecular weight excluding hydrogens is 1130 g/mol. The molecule has 2 aromatic carbocycles. The van der Waals surface area contributed by atoms with Gasteiger partial charge in [-0.25, -0.2) is 4.79 Å². The summed E-state index contributed by atoms with van der Waals surface area (Å²) in [6, 6.07) is 19.3. The van der Waals surface area contributed by atoms with Gasteiger partial charge in [0.1, 0.15) is 19.4 Å². The summed E-state index contributed by atoms with van der Waals surface area (Å²) in [5.74, 6) is -7.85. The third kappa shape index (κ3) is 28.4. The minimum absolute atomic E-state index is 0.295. The predicted octanol–water partition coefficient (Wildman–Crippen LogP) is 16.1. The molecule has 0 aromatic heterocycles. The van der Waals surface area contributed by atoms with E-state index >= 15 is 0 Å². The highest BCUT2D eigenvalue weighted by Crippen LogP contribution is 2.49. The Hall–Kier alpha value is -4.59. The van der Waals surface area contributed by atoms with Crippen LogP contribution in [0.4, 0.5) is 122 Å². The summed E-state index contributed by atoms with van der Waals surface area (Å²) in [6.45, 7) is 13.8. The van der Waals surface area contributed by atoms with Crippen LogP contribution in [-0.4, -0.2) is 103 Å².